The van der Waals surface area contributed by atoms with E-state index in [2.05, 4.69) is 48.2 Å². The number of hydrogen-bond donors (Lipinski definition) is 1. The van der Waals surface area contributed by atoms with Crippen molar-refractivity contribution >= 4 is 0 Å². The third-order valence-corrected chi connectivity index (χ3v) is 7.21. The standard InChI is InChI=1S/C30H35NO3/c1-2-9-25-17-26(32)18-28-27-19-30(34-21-23-12-7-4-8-13-23)29(16-24(27)14-15-31(25)28)33-20-22-10-5-3-6-11-22/h3-8,10-13,16,19,25-26,28,32H,2,9,14-15,17-18,20-21H2,1H3/t25-,26+,28+/m1/s1. The largest absolute Gasteiger partial charge is 0.485 e. The summed E-state index contributed by atoms with van der Waals surface area (Å²) in [5.41, 5.74) is 4.88. The van der Waals surface area contributed by atoms with E-state index < -0.39 is 0 Å². The number of aliphatic hydroxyl groups is 1. The molecule has 1 fully saturated rings. The van der Waals surface area contributed by atoms with Crippen molar-refractivity contribution < 1.29 is 14.6 Å². The molecule has 0 spiro atoms. The predicted molar refractivity (Wildman–Crippen MR) is 135 cm³/mol. The van der Waals surface area contributed by atoms with Crippen LogP contribution in [0.4, 0.5) is 0 Å². The van der Waals surface area contributed by atoms with Gasteiger partial charge in [-0.15, -0.1) is 0 Å². The van der Waals surface area contributed by atoms with Crippen LogP contribution in [-0.2, 0) is 19.6 Å². The van der Waals surface area contributed by atoms with Crippen LogP contribution in [0.2, 0.25) is 0 Å². The van der Waals surface area contributed by atoms with Crippen LogP contribution in [0, 0.1) is 0 Å². The Kier molecular flexibility index (Phi) is 7.17. The van der Waals surface area contributed by atoms with Gasteiger partial charge in [0, 0.05) is 18.6 Å². The van der Waals surface area contributed by atoms with E-state index in [9.17, 15) is 5.11 Å². The van der Waals surface area contributed by atoms with Gasteiger partial charge in [-0.25, -0.2) is 0 Å². The molecule has 1 N–H and O–H groups in total. The van der Waals surface area contributed by atoms with E-state index in [1.807, 2.05) is 36.4 Å². The summed E-state index contributed by atoms with van der Waals surface area (Å²) in [6.45, 7) is 4.28. The first-order valence-corrected chi connectivity index (χ1v) is 12.7. The summed E-state index contributed by atoms with van der Waals surface area (Å²) < 4.78 is 12.7. The van der Waals surface area contributed by atoms with Gasteiger partial charge < -0.3 is 14.6 Å². The summed E-state index contributed by atoms with van der Waals surface area (Å²) in [7, 11) is 0. The molecular weight excluding hydrogens is 422 g/mol. The van der Waals surface area contributed by atoms with Gasteiger partial charge in [-0.3, -0.25) is 4.90 Å². The van der Waals surface area contributed by atoms with Crippen LogP contribution in [-0.4, -0.2) is 28.7 Å². The number of aliphatic hydroxyl groups excluding tert-OH is 1. The van der Waals surface area contributed by atoms with Gasteiger partial charge in [0.25, 0.3) is 0 Å². The number of benzene rings is 3. The monoisotopic (exact) mass is 457 g/mol. The molecule has 2 aliphatic rings. The van der Waals surface area contributed by atoms with Crippen molar-refractivity contribution in [3.63, 3.8) is 0 Å². The lowest BCUT2D eigenvalue weighted by Gasteiger charge is -2.47. The summed E-state index contributed by atoms with van der Waals surface area (Å²) in [4.78, 5) is 2.63. The minimum atomic E-state index is -0.244. The van der Waals surface area contributed by atoms with Crippen molar-refractivity contribution in [3.8, 4) is 11.5 Å². The van der Waals surface area contributed by atoms with Crippen LogP contribution in [0.1, 0.15) is 60.9 Å². The molecule has 0 unspecified atom stereocenters. The highest BCUT2D eigenvalue weighted by molar-refractivity contribution is 5.50. The molecule has 0 saturated carbocycles. The van der Waals surface area contributed by atoms with Gasteiger partial charge in [-0.1, -0.05) is 74.0 Å². The van der Waals surface area contributed by atoms with E-state index in [-0.39, 0.29) is 12.1 Å². The van der Waals surface area contributed by atoms with E-state index in [1.54, 1.807) is 0 Å². The number of ether oxygens (including phenoxy) is 2. The van der Waals surface area contributed by atoms with E-state index >= 15 is 0 Å². The van der Waals surface area contributed by atoms with Crippen LogP contribution in [0.15, 0.2) is 72.8 Å². The topological polar surface area (TPSA) is 41.9 Å². The lowest BCUT2D eigenvalue weighted by atomic mass is 9.81. The molecule has 1 saturated heterocycles. The second-order valence-electron chi connectivity index (χ2n) is 9.62. The SMILES string of the molecule is CCC[C@@H]1C[C@H](O)C[C@H]2c3cc(OCc4ccccc4)c(OCc4ccccc4)cc3CCN12. The number of rotatable bonds is 8. The first-order chi connectivity index (χ1) is 16.7. The van der Waals surface area contributed by atoms with Crippen LogP contribution >= 0.6 is 0 Å². The molecule has 4 heteroatoms. The molecule has 4 nitrogen and oxygen atoms in total. The zero-order valence-electron chi connectivity index (χ0n) is 20.0. The fourth-order valence-corrected chi connectivity index (χ4v) is 5.54. The fraction of sp³-hybridized carbons (Fsp3) is 0.400. The first kappa shape index (κ1) is 22.9. The molecule has 0 aromatic heterocycles. The normalized spacial score (nSPS) is 22.0. The van der Waals surface area contributed by atoms with Crippen LogP contribution < -0.4 is 9.47 Å². The Hall–Kier alpha value is -2.82. The summed E-state index contributed by atoms with van der Waals surface area (Å²) in [6.07, 6.45) is 4.71. The zero-order valence-corrected chi connectivity index (χ0v) is 20.0. The van der Waals surface area contributed by atoms with Crippen molar-refractivity contribution in [1.82, 2.24) is 4.90 Å². The molecule has 5 rings (SSSR count). The second kappa shape index (κ2) is 10.6. The van der Waals surface area contributed by atoms with Crippen molar-refractivity contribution in [2.24, 2.45) is 0 Å². The first-order valence-electron chi connectivity index (χ1n) is 12.7. The third-order valence-electron chi connectivity index (χ3n) is 7.21. The number of fused-ring (bicyclic) bond motifs is 3. The lowest BCUT2D eigenvalue weighted by Crippen LogP contribution is -2.49. The van der Waals surface area contributed by atoms with Gasteiger partial charge in [0.1, 0.15) is 13.2 Å². The van der Waals surface area contributed by atoms with Crippen molar-refractivity contribution in [2.75, 3.05) is 6.54 Å². The third kappa shape index (κ3) is 5.13. The maximum absolute atomic E-state index is 10.7. The number of nitrogens with zero attached hydrogens (tertiary/aromatic N) is 1. The highest BCUT2D eigenvalue weighted by Crippen LogP contribution is 2.44. The Morgan fingerprint density at radius 1 is 0.853 bits per heavy atom. The highest BCUT2D eigenvalue weighted by Gasteiger charge is 2.38. The van der Waals surface area contributed by atoms with Crippen molar-refractivity contribution in [1.29, 1.82) is 0 Å². The van der Waals surface area contributed by atoms with Gasteiger partial charge in [0.15, 0.2) is 11.5 Å². The quantitative estimate of drug-likeness (QED) is 0.446. The molecule has 3 aromatic rings. The Morgan fingerprint density at radius 3 is 2.09 bits per heavy atom. The average molecular weight is 458 g/mol. The molecule has 178 valence electrons. The molecule has 3 atom stereocenters. The minimum absolute atomic E-state index is 0.242. The fourth-order valence-electron chi connectivity index (χ4n) is 5.54. The summed E-state index contributed by atoms with van der Waals surface area (Å²) in [6, 6.07) is 25.6. The number of piperidine rings is 1. The molecule has 0 bridgehead atoms. The van der Waals surface area contributed by atoms with Gasteiger partial charge in [-0.05, 0) is 60.1 Å². The Bertz CT molecular complexity index is 1070. The van der Waals surface area contributed by atoms with Crippen LogP contribution in [0.3, 0.4) is 0 Å². The molecule has 3 aromatic carbocycles. The maximum Gasteiger partial charge on any atom is 0.162 e. The molecule has 0 radical (unpaired) electrons. The highest BCUT2D eigenvalue weighted by atomic mass is 16.5. The zero-order chi connectivity index (χ0) is 23.3. The summed E-state index contributed by atoms with van der Waals surface area (Å²) in [5.74, 6) is 1.58. The second-order valence-corrected chi connectivity index (χ2v) is 9.62. The summed E-state index contributed by atoms with van der Waals surface area (Å²) >= 11 is 0. The Morgan fingerprint density at radius 2 is 1.47 bits per heavy atom. The van der Waals surface area contributed by atoms with E-state index in [0.29, 0.717) is 19.3 Å². The molecule has 0 amide bonds. The molecule has 0 aliphatic carbocycles. The van der Waals surface area contributed by atoms with Crippen LogP contribution in [0.5, 0.6) is 11.5 Å². The molecule has 2 aliphatic heterocycles. The van der Waals surface area contributed by atoms with Crippen molar-refractivity contribution in [2.45, 2.75) is 70.4 Å². The van der Waals surface area contributed by atoms with Gasteiger partial charge >= 0.3 is 0 Å². The lowest BCUT2D eigenvalue weighted by molar-refractivity contribution is -0.00881. The Balaban J connectivity index is 1.44. The van der Waals surface area contributed by atoms with Gasteiger partial charge in [-0.2, -0.15) is 0 Å². The summed E-state index contributed by atoms with van der Waals surface area (Å²) in [5, 5.41) is 10.7. The molecule has 2 heterocycles. The van der Waals surface area contributed by atoms with Gasteiger partial charge in [0.2, 0.25) is 0 Å². The smallest absolute Gasteiger partial charge is 0.162 e. The number of hydrogen-bond acceptors (Lipinski definition) is 4. The Labute approximate surface area is 203 Å². The van der Waals surface area contributed by atoms with Crippen molar-refractivity contribution in [3.05, 3.63) is 95.1 Å². The average Bonchev–Trinajstić information content (AvgIpc) is 2.87. The van der Waals surface area contributed by atoms with E-state index in [4.69, 9.17) is 9.47 Å². The molecule has 34 heavy (non-hydrogen) atoms. The van der Waals surface area contributed by atoms with Gasteiger partial charge in [0.05, 0.1) is 6.10 Å². The molecular formula is C30H35NO3. The van der Waals surface area contributed by atoms with E-state index in [1.165, 1.54) is 11.1 Å². The van der Waals surface area contributed by atoms with Crippen LogP contribution in [0.25, 0.3) is 0 Å². The predicted octanol–water partition coefficient (Wildman–Crippen LogP) is 6.07. The maximum atomic E-state index is 10.7. The van der Waals surface area contributed by atoms with E-state index in [0.717, 1.165) is 61.3 Å². The minimum Gasteiger partial charge on any atom is -0.485 e.